The summed E-state index contributed by atoms with van der Waals surface area (Å²) in [5.74, 6) is 1.02. The fraction of sp³-hybridized carbons (Fsp3) is 0.360. The third-order valence-corrected chi connectivity index (χ3v) is 4.86. The molecule has 1 unspecified atom stereocenters. The first-order chi connectivity index (χ1) is 14.8. The lowest BCUT2D eigenvalue weighted by molar-refractivity contribution is -0.143. The molecule has 3 rings (SSSR count). The highest BCUT2D eigenvalue weighted by molar-refractivity contribution is 5.95. The third-order valence-electron chi connectivity index (χ3n) is 4.86. The number of rotatable bonds is 7. The zero-order chi connectivity index (χ0) is 22.5. The lowest BCUT2D eigenvalue weighted by Crippen LogP contribution is -2.46. The van der Waals surface area contributed by atoms with Crippen LogP contribution in [0.25, 0.3) is 0 Å². The van der Waals surface area contributed by atoms with Crippen molar-refractivity contribution >= 4 is 12.0 Å². The first-order valence-corrected chi connectivity index (χ1v) is 10.6. The molecule has 0 fully saturated rings. The van der Waals surface area contributed by atoms with Gasteiger partial charge in [-0.1, -0.05) is 31.5 Å². The molecule has 164 valence electrons. The molecule has 0 spiro atoms. The van der Waals surface area contributed by atoms with Gasteiger partial charge in [0.15, 0.2) is 0 Å². The summed E-state index contributed by atoms with van der Waals surface area (Å²) in [5, 5.41) is 5.64. The molecule has 0 aliphatic carbocycles. The average Bonchev–Trinajstić information content (AvgIpc) is 2.67. The van der Waals surface area contributed by atoms with Gasteiger partial charge in [0.1, 0.15) is 11.5 Å². The number of amides is 2. The largest absolute Gasteiger partial charge is 0.459 e. The van der Waals surface area contributed by atoms with Crippen LogP contribution in [0.2, 0.25) is 0 Å². The number of carbonyl (C=O) groups is 2. The van der Waals surface area contributed by atoms with Crippen molar-refractivity contribution in [1.29, 1.82) is 0 Å². The average molecular weight is 423 g/mol. The number of carbonyl (C=O) groups excluding carboxylic acids is 2. The predicted octanol–water partition coefficient (Wildman–Crippen LogP) is 5.46. The highest BCUT2D eigenvalue weighted by Gasteiger charge is 2.33. The van der Waals surface area contributed by atoms with Crippen LogP contribution in [0.5, 0.6) is 11.5 Å². The first-order valence-electron chi connectivity index (χ1n) is 10.6. The molecular weight excluding hydrogens is 392 g/mol. The number of allylic oxidation sites excluding steroid dienone is 1. The Morgan fingerprint density at radius 1 is 1.03 bits per heavy atom. The van der Waals surface area contributed by atoms with Crippen LogP contribution >= 0.6 is 0 Å². The Hall–Kier alpha value is -3.28. The smallest absolute Gasteiger partial charge is 0.338 e. The summed E-state index contributed by atoms with van der Waals surface area (Å²) in [6.07, 6.45) is 1.12. The number of benzene rings is 2. The van der Waals surface area contributed by atoms with Crippen LogP contribution in [0.15, 0.2) is 53.7 Å². The van der Waals surface area contributed by atoms with Gasteiger partial charge in [0.2, 0.25) is 0 Å². The molecule has 0 saturated carbocycles. The maximum Gasteiger partial charge on any atom is 0.338 e. The molecule has 1 heterocycles. The second kappa shape index (κ2) is 9.69. The summed E-state index contributed by atoms with van der Waals surface area (Å²) in [7, 11) is 0. The van der Waals surface area contributed by atoms with E-state index in [1.165, 1.54) is 0 Å². The molecule has 2 N–H and O–H groups in total. The molecule has 0 aromatic heterocycles. The van der Waals surface area contributed by atoms with Crippen molar-refractivity contribution in [3.05, 3.63) is 70.4 Å². The summed E-state index contributed by atoms with van der Waals surface area (Å²) in [6.45, 7) is 9.67. The van der Waals surface area contributed by atoms with Crippen LogP contribution in [-0.2, 0) is 9.53 Å². The van der Waals surface area contributed by atoms with Crippen molar-refractivity contribution in [2.24, 2.45) is 0 Å². The van der Waals surface area contributed by atoms with Crippen molar-refractivity contribution in [3.8, 4) is 11.5 Å². The van der Waals surface area contributed by atoms with Crippen LogP contribution in [0, 0.1) is 13.8 Å². The van der Waals surface area contributed by atoms with Gasteiger partial charge in [0, 0.05) is 5.70 Å². The Labute approximate surface area is 183 Å². The standard InChI is InChI=1S/C25H30N2O4/c1-6-7-21-22(24(28)30-15(2)3)23(27-25(29)26-21)18-8-10-19(11-9-18)31-20-13-16(4)12-17(5)14-20/h8-15,23H,6-7H2,1-5H3,(H2,26,27,29). The van der Waals surface area contributed by atoms with Crippen LogP contribution in [-0.4, -0.2) is 18.1 Å². The summed E-state index contributed by atoms with van der Waals surface area (Å²) >= 11 is 0. The SMILES string of the molecule is CCCC1=C(C(=O)OC(C)C)C(c2ccc(Oc3cc(C)cc(C)c3)cc2)NC(=O)N1. The highest BCUT2D eigenvalue weighted by atomic mass is 16.5. The van der Waals surface area contributed by atoms with Gasteiger partial charge in [-0.2, -0.15) is 0 Å². The summed E-state index contributed by atoms with van der Waals surface area (Å²) in [4.78, 5) is 25.1. The minimum atomic E-state index is -0.586. The summed E-state index contributed by atoms with van der Waals surface area (Å²) < 4.78 is 11.5. The molecule has 0 saturated heterocycles. The number of aryl methyl sites for hydroxylation is 2. The Kier molecular flexibility index (Phi) is 7.00. The molecule has 1 aliphatic rings. The fourth-order valence-corrected chi connectivity index (χ4v) is 3.69. The lowest BCUT2D eigenvalue weighted by atomic mass is 9.93. The Morgan fingerprint density at radius 3 is 2.26 bits per heavy atom. The van der Waals surface area contributed by atoms with E-state index in [1.54, 1.807) is 13.8 Å². The highest BCUT2D eigenvalue weighted by Crippen LogP contribution is 2.32. The molecule has 2 aromatic rings. The van der Waals surface area contributed by atoms with Crippen molar-refractivity contribution in [2.75, 3.05) is 0 Å². The van der Waals surface area contributed by atoms with Gasteiger partial charge in [-0.05, 0) is 75.1 Å². The summed E-state index contributed by atoms with van der Waals surface area (Å²) in [6, 6.07) is 12.5. The monoisotopic (exact) mass is 422 g/mol. The second-order valence-corrected chi connectivity index (χ2v) is 8.12. The van der Waals surface area contributed by atoms with E-state index in [-0.39, 0.29) is 12.1 Å². The number of nitrogens with one attached hydrogen (secondary N) is 2. The Balaban J connectivity index is 1.90. The molecule has 0 bridgehead atoms. The molecule has 1 aliphatic heterocycles. The second-order valence-electron chi connectivity index (χ2n) is 8.12. The van der Waals surface area contributed by atoms with Gasteiger partial charge < -0.3 is 20.1 Å². The predicted molar refractivity (Wildman–Crippen MR) is 120 cm³/mol. The van der Waals surface area contributed by atoms with Crippen LogP contribution in [0.1, 0.15) is 56.3 Å². The van der Waals surface area contributed by atoms with Crippen LogP contribution in [0.3, 0.4) is 0 Å². The number of ether oxygens (including phenoxy) is 2. The maximum atomic E-state index is 12.9. The molecule has 2 aromatic carbocycles. The summed E-state index contributed by atoms with van der Waals surface area (Å²) in [5.41, 5.74) is 4.10. The minimum absolute atomic E-state index is 0.255. The zero-order valence-electron chi connectivity index (χ0n) is 18.7. The van der Waals surface area contributed by atoms with E-state index in [9.17, 15) is 9.59 Å². The van der Waals surface area contributed by atoms with Gasteiger partial charge in [-0.3, -0.25) is 0 Å². The first kappa shape index (κ1) is 22.4. The zero-order valence-corrected chi connectivity index (χ0v) is 18.7. The number of hydrogen-bond acceptors (Lipinski definition) is 4. The van der Waals surface area contributed by atoms with Gasteiger partial charge in [0.05, 0.1) is 17.7 Å². The van der Waals surface area contributed by atoms with Crippen LogP contribution in [0.4, 0.5) is 4.79 Å². The van der Waals surface area contributed by atoms with E-state index in [1.807, 2.05) is 57.2 Å². The molecule has 2 amide bonds. The molecule has 0 radical (unpaired) electrons. The maximum absolute atomic E-state index is 12.9. The topological polar surface area (TPSA) is 76.7 Å². The van der Waals surface area contributed by atoms with Crippen molar-refractivity contribution < 1.29 is 19.1 Å². The van der Waals surface area contributed by atoms with Gasteiger partial charge >= 0.3 is 12.0 Å². The molecule has 31 heavy (non-hydrogen) atoms. The quantitative estimate of drug-likeness (QED) is 0.581. The van der Waals surface area contributed by atoms with Crippen molar-refractivity contribution in [3.63, 3.8) is 0 Å². The van der Waals surface area contributed by atoms with E-state index in [0.29, 0.717) is 23.4 Å². The van der Waals surface area contributed by atoms with E-state index in [0.717, 1.165) is 28.9 Å². The number of hydrogen-bond donors (Lipinski definition) is 2. The van der Waals surface area contributed by atoms with E-state index < -0.39 is 12.0 Å². The third kappa shape index (κ3) is 5.66. The molecule has 6 nitrogen and oxygen atoms in total. The van der Waals surface area contributed by atoms with Gasteiger partial charge in [0.25, 0.3) is 0 Å². The van der Waals surface area contributed by atoms with Crippen LogP contribution < -0.4 is 15.4 Å². The molecule has 1 atom stereocenters. The fourth-order valence-electron chi connectivity index (χ4n) is 3.69. The van der Waals surface area contributed by atoms with E-state index in [4.69, 9.17) is 9.47 Å². The van der Waals surface area contributed by atoms with Crippen molar-refractivity contribution in [1.82, 2.24) is 10.6 Å². The van der Waals surface area contributed by atoms with Crippen molar-refractivity contribution in [2.45, 2.75) is 59.6 Å². The minimum Gasteiger partial charge on any atom is -0.459 e. The Bertz CT molecular complexity index is 973. The van der Waals surface area contributed by atoms with E-state index in [2.05, 4.69) is 16.7 Å². The molecule has 6 heteroatoms. The normalized spacial score (nSPS) is 16.1. The molecular formula is C25H30N2O4. The lowest BCUT2D eigenvalue weighted by Gasteiger charge is -2.30. The van der Waals surface area contributed by atoms with Gasteiger partial charge in [-0.25, -0.2) is 9.59 Å². The Morgan fingerprint density at radius 2 is 1.68 bits per heavy atom. The number of urea groups is 1. The van der Waals surface area contributed by atoms with Gasteiger partial charge in [-0.15, -0.1) is 0 Å². The number of esters is 1. The van der Waals surface area contributed by atoms with E-state index >= 15 is 0 Å².